The normalized spacial score (nSPS) is 24.8. The molecule has 144 valence electrons. The Bertz CT molecular complexity index is 749. The summed E-state index contributed by atoms with van der Waals surface area (Å²) in [5.41, 5.74) is 14.5. The van der Waals surface area contributed by atoms with Gasteiger partial charge in [-0.2, -0.15) is 0 Å². The maximum Gasteiger partial charge on any atom is 0.142 e. The van der Waals surface area contributed by atoms with E-state index in [0.29, 0.717) is 18.9 Å². The number of para-hydroxylation sites is 2. The minimum absolute atomic E-state index is 0.214. The van der Waals surface area contributed by atoms with Gasteiger partial charge < -0.3 is 19.9 Å². The predicted molar refractivity (Wildman–Crippen MR) is 105 cm³/mol. The van der Waals surface area contributed by atoms with Gasteiger partial charge in [-0.25, -0.2) is 5.43 Å². The van der Waals surface area contributed by atoms with Crippen molar-refractivity contribution in [3.8, 4) is 11.5 Å². The van der Waals surface area contributed by atoms with Crippen LogP contribution in [0.4, 0.5) is 5.69 Å². The van der Waals surface area contributed by atoms with Gasteiger partial charge in [-0.15, -0.1) is 0 Å². The summed E-state index contributed by atoms with van der Waals surface area (Å²) >= 11 is 0. The molecule has 0 spiro atoms. The van der Waals surface area contributed by atoms with E-state index in [-0.39, 0.29) is 18.2 Å². The Labute approximate surface area is 160 Å². The molecule has 0 bridgehead atoms. The topological polar surface area (TPSA) is 77.8 Å². The largest absolute Gasteiger partial charge is 0.491 e. The molecule has 2 aliphatic heterocycles. The fourth-order valence-electron chi connectivity index (χ4n) is 3.54. The van der Waals surface area contributed by atoms with Crippen molar-refractivity contribution in [2.75, 3.05) is 25.6 Å². The molecule has 4 rings (SSSR count). The van der Waals surface area contributed by atoms with Crippen LogP contribution >= 0.6 is 0 Å². The molecule has 0 amide bonds. The Morgan fingerprint density at radius 1 is 1.04 bits per heavy atom. The molecule has 2 saturated heterocycles. The average molecular weight is 369 g/mol. The second-order valence-corrected chi connectivity index (χ2v) is 7.14. The Kier molecular flexibility index (Phi) is 5.77. The fourth-order valence-corrected chi connectivity index (χ4v) is 3.54. The first kappa shape index (κ1) is 18.1. The molecule has 0 aromatic heterocycles. The van der Waals surface area contributed by atoms with Crippen LogP contribution in [0.3, 0.4) is 0 Å². The first-order chi connectivity index (χ1) is 13.3. The van der Waals surface area contributed by atoms with Gasteiger partial charge in [0.25, 0.3) is 0 Å². The number of benzene rings is 2. The first-order valence-corrected chi connectivity index (χ1v) is 9.60. The fraction of sp³-hybridized carbons (Fsp3) is 0.429. The van der Waals surface area contributed by atoms with Gasteiger partial charge in [0.2, 0.25) is 0 Å². The smallest absolute Gasteiger partial charge is 0.142 e. The third kappa shape index (κ3) is 4.71. The van der Waals surface area contributed by atoms with E-state index in [1.165, 1.54) is 5.56 Å². The van der Waals surface area contributed by atoms with Crippen LogP contribution in [0.15, 0.2) is 48.5 Å². The van der Waals surface area contributed by atoms with Gasteiger partial charge >= 0.3 is 0 Å². The van der Waals surface area contributed by atoms with Crippen LogP contribution in [0, 0.1) is 0 Å². The molecule has 0 radical (unpaired) electrons. The molecule has 6 heteroatoms. The van der Waals surface area contributed by atoms with E-state index < -0.39 is 0 Å². The molecule has 3 unspecified atom stereocenters. The highest BCUT2D eigenvalue weighted by Crippen LogP contribution is 2.27. The second-order valence-electron chi connectivity index (χ2n) is 7.14. The van der Waals surface area contributed by atoms with Gasteiger partial charge in [0.05, 0.1) is 17.8 Å². The lowest BCUT2D eigenvalue weighted by atomic mass is 10.0. The van der Waals surface area contributed by atoms with E-state index in [4.69, 9.17) is 19.9 Å². The minimum Gasteiger partial charge on any atom is -0.491 e. The lowest BCUT2D eigenvalue weighted by Gasteiger charge is -2.15. The SMILES string of the molecule is Nc1ccccc1OCC1CC(c2cccc(OCC3CCCO3)c2)NN1. The molecule has 0 saturated carbocycles. The Hall–Kier alpha value is -2.28. The highest BCUT2D eigenvalue weighted by molar-refractivity contribution is 5.51. The summed E-state index contributed by atoms with van der Waals surface area (Å²) in [6.07, 6.45) is 3.37. The Morgan fingerprint density at radius 2 is 1.96 bits per heavy atom. The highest BCUT2D eigenvalue weighted by atomic mass is 16.5. The summed E-state index contributed by atoms with van der Waals surface area (Å²) in [6, 6.07) is 16.3. The van der Waals surface area contributed by atoms with Crippen LogP contribution < -0.4 is 26.1 Å². The lowest BCUT2D eigenvalue weighted by molar-refractivity contribution is 0.0679. The minimum atomic E-state index is 0.214. The van der Waals surface area contributed by atoms with Crippen molar-refractivity contribution in [2.24, 2.45) is 0 Å². The van der Waals surface area contributed by atoms with Gasteiger partial charge in [-0.3, -0.25) is 5.43 Å². The Morgan fingerprint density at radius 3 is 2.81 bits per heavy atom. The zero-order valence-electron chi connectivity index (χ0n) is 15.4. The highest BCUT2D eigenvalue weighted by Gasteiger charge is 2.26. The van der Waals surface area contributed by atoms with Crippen molar-refractivity contribution in [1.82, 2.24) is 10.9 Å². The first-order valence-electron chi connectivity index (χ1n) is 9.60. The molecular formula is C21H27N3O3. The van der Waals surface area contributed by atoms with Crippen LogP contribution in [-0.2, 0) is 4.74 Å². The molecule has 2 aromatic carbocycles. The van der Waals surface area contributed by atoms with Crippen LogP contribution in [0.25, 0.3) is 0 Å². The van der Waals surface area contributed by atoms with Gasteiger partial charge in [-0.1, -0.05) is 24.3 Å². The second kappa shape index (κ2) is 8.61. The number of ether oxygens (including phenoxy) is 3. The summed E-state index contributed by atoms with van der Waals surface area (Å²) < 4.78 is 17.4. The summed E-state index contributed by atoms with van der Waals surface area (Å²) in [7, 11) is 0. The number of rotatable bonds is 7. The molecule has 2 aliphatic rings. The number of hydrogen-bond donors (Lipinski definition) is 3. The molecule has 6 nitrogen and oxygen atoms in total. The van der Waals surface area contributed by atoms with Gasteiger partial charge in [0.15, 0.2) is 0 Å². The predicted octanol–water partition coefficient (Wildman–Crippen LogP) is 2.81. The summed E-state index contributed by atoms with van der Waals surface area (Å²) in [6.45, 7) is 2.03. The zero-order valence-corrected chi connectivity index (χ0v) is 15.4. The summed E-state index contributed by atoms with van der Waals surface area (Å²) in [5, 5.41) is 0. The summed E-state index contributed by atoms with van der Waals surface area (Å²) in [5.74, 6) is 1.62. The summed E-state index contributed by atoms with van der Waals surface area (Å²) in [4.78, 5) is 0. The maximum absolute atomic E-state index is 5.93. The van der Waals surface area contributed by atoms with Gasteiger partial charge in [0, 0.05) is 12.6 Å². The zero-order chi connectivity index (χ0) is 18.5. The molecule has 2 aromatic rings. The van der Waals surface area contributed by atoms with Crippen LogP contribution in [-0.4, -0.2) is 32.0 Å². The van der Waals surface area contributed by atoms with Crippen LogP contribution in [0.2, 0.25) is 0 Å². The number of anilines is 1. The van der Waals surface area contributed by atoms with Gasteiger partial charge in [0.1, 0.15) is 24.7 Å². The molecule has 3 atom stereocenters. The quantitative estimate of drug-likeness (QED) is 0.652. The molecule has 2 heterocycles. The average Bonchev–Trinajstić information content (AvgIpc) is 3.38. The number of nitrogen functional groups attached to an aromatic ring is 1. The van der Waals surface area contributed by atoms with E-state index in [0.717, 1.165) is 37.4 Å². The third-order valence-electron chi connectivity index (χ3n) is 5.06. The van der Waals surface area contributed by atoms with Crippen molar-refractivity contribution in [2.45, 2.75) is 37.5 Å². The van der Waals surface area contributed by atoms with Crippen LogP contribution in [0.1, 0.15) is 30.9 Å². The maximum atomic E-state index is 5.93. The van der Waals surface area contributed by atoms with Crippen LogP contribution in [0.5, 0.6) is 11.5 Å². The number of nitrogens with one attached hydrogen (secondary N) is 2. The van der Waals surface area contributed by atoms with Crippen molar-refractivity contribution >= 4 is 5.69 Å². The van der Waals surface area contributed by atoms with E-state index in [1.807, 2.05) is 36.4 Å². The van der Waals surface area contributed by atoms with E-state index in [9.17, 15) is 0 Å². The molecular weight excluding hydrogens is 342 g/mol. The van der Waals surface area contributed by atoms with Crippen molar-refractivity contribution in [3.63, 3.8) is 0 Å². The van der Waals surface area contributed by atoms with Crippen molar-refractivity contribution in [3.05, 3.63) is 54.1 Å². The number of hydrazine groups is 1. The van der Waals surface area contributed by atoms with Crippen molar-refractivity contribution in [1.29, 1.82) is 0 Å². The van der Waals surface area contributed by atoms with Crippen molar-refractivity contribution < 1.29 is 14.2 Å². The van der Waals surface area contributed by atoms with Gasteiger partial charge in [-0.05, 0) is 49.1 Å². The molecule has 27 heavy (non-hydrogen) atoms. The molecule has 0 aliphatic carbocycles. The third-order valence-corrected chi connectivity index (χ3v) is 5.06. The number of nitrogens with two attached hydrogens (primary N) is 1. The number of hydrogen-bond acceptors (Lipinski definition) is 6. The van der Waals surface area contributed by atoms with E-state index in [1.54, 1.807) is 0 Å². The molecule has 4 N–H and O–H groups in total. The monoisotopic (exact) mass is 369 g/mol. The molecule has 2 fully saturated rings. The van der Waals surface area contributed by atoms with E-state index in [2.05, 4.69) is 23.0 Å². The Balaban J connectivity index is 1.29. The van der Waals surface area contributed by atoms with E-state index >= 15 is 0 Å². The standard InChI is InChI=1S/C21H27N3O3/c22-19-8-1-2-9-21(19)27-13-16-12-20(24-23-16)15-5-3-6-17(11-15)26-14-18-7-4-10-25-18/h1-3,5-6,8-9,11,16,18,20,23-24H,4,7,10,12-14,22H2. The lowest BCUT2D eigenvalue weighted by Crippen LogP contribution is -2.34.